The van der Waals surface area contributed by atoms with E-state index in [4.69, 9.17) is 11.5 Å². The number of amides is 2. The Morgan fingerprint density at radius 2 is 1.93 bits per heavy atom. The Kier molecular flexibility index (Phi) is 7.12. The van der Waals surface area contributed by atoms with Crippen molar-refractivity contribution in [2.24, 2.45) is 11.5 Å². The largest absolute Gasteiger partial charge is 0.370 e. The minimum atomic E-state index is -0.900. The Labute approximate surface area is 156 Å². The molecule has 1 unspecified atom stereocenters. The van der Waals surface area contributed by atoms with E-state index in [0.29, 0.717) is 13.0 Å². The molecule has 1 aromatic carbocycles. The summed E-state index contributed by atoms with van der Waals surface area (Å²) in [5, 5.41) is 14.2. The molecule has 5 N–H and O–H groups in total. The molecule has 0 aliphatic carbocycles. The van der Waals surface area contributed by atoms with E-state index < -0.39 is 23.9 Å². The Balaban J connectivity index is 2.25. The van der Waals surface area contributed by atoms with Crippen LogP contribution in [0, 0.1) is 0 Å². The van der Waals surface area contributed by atoms with Crippen LogP contribution in [0.15, 0.2) is 30.3 Å². The van der Waals surface area contributed by atoms with Gasteiger partial charge >= 0.3 is 6.03 Å². The quantitative estimate of drug-likeness (QED) is 0.546. The van der Waals surface area contributed by atoms with Crippen LogP contribution in [0.5, 0.6) is 0 Å². The van der Waals surface area contributed by atoms with E-state index in [1.807, 2.05) is 30.3 Å². The lowest BCUT2D eigenvalue weighted by atomic mass is 9.89. The van der Waals surface area contributed by atoms with E-state index in [9.17, 15) is 14.4 Å². The van der Waals surface area contributed by atoms with Gasteiger partial charge in [-0.05, 0) is 30.5 Å². The zero-order chi connectivity index (χ0) is 19.8. The van der Waals surface area contributed by atoms with E-state index in [1.54, 1.807) is 6.92 Å². The third-order valence-electron chi connectivity index (χ3n) is 3.94. The Hall–Kier alpha value is -3.14. The van der Waals surface area contributed by atoms with Crippen molar-refractivity contribution in [1.29, 1.82) is 0 Å². The lowest BCUT2D eigenvalue weighted by molar-refractivity contribution is -0.122. The summed E-state index contributed by atoms with van der Waals surface area (Å²) in [6.45, 7) is 2.16. The van der Waals surface area contributed by atoms with Crippen molar-refractivity contribution in [3.05, 3.63) is 41.7 Å². The Morgan fingerprint density at radius 1 is 1.22 bits per heavy atom. The Morgan fingerprint density at radius 3 is 2.56 bits per heavy atom. The first-order valence-electron chi connectivity index (χ1n) is 8.62. The number of aromatic nitrogens is 4. The maximum atomic E-state index is 12.9. The topological polar surface area (TPSA) is 159 Å². The van der Waals surface area contributed by atoms with Crippen LogP contribution in [0.2, 0.25) is 0 Å². The summed E-state index contributed by atoms with van der Waals surface area (Å²) in [6.07, 6.45) is 0.430. The van der Waals surface area contributed by atoms with Gasteiger partial charge in [0.25, 0.3) is 0 Å². The second kappa shape index (κ2) is 9.53. The fourth-order valence-electron chi connectivity index (χ4n) is 2.54. The van der Waals surface area contributed by atoms with Crippen molar-refractivity contribution in [2.75, 3.05) is 6.54 Å². The molecule has 144 valence electrons. The molecule has 0 radical (unpaired) electrons. The highest BCUT2D eigenvalue weighted by atomic mass is 16.2. The molecule has 0 bridgehead atoms. The number of tetrazole rings is 1. The van der Waals surface area contributed by atoms with E-state index >= 15 is 0 Å². The van der Waals surface area contributed by atoms with Crippen LogP contribution >= 0.6 is 0 Å². The van der Waals surface area contributed by atoms with Gasteiger partial charge in [0.2, 0.25) is 5.91 Å². The molecule has 0 saturated carbocycles. The maximum Gasteiger partial charge on any atom is 0.360 e. The van der Waals surface area contributed by atoms with Crippen molar-refractivity contribution in [2.45, 2.75) is 38.1 Å². The number of nitrogens with zero attached hydrogens (tertiary/aromatic N) is 4. The van der Waals surface area contributed by atoms with Crippen LogP contribution in [0.25, 0.3) is 0 Å². The molecule has 10 nitrogen and oxygen atoms in total. The highest BCUT2D eigenvalue weighted by molar-refractivity contribution is 5.90. The smallest absolute Gasteiger partial charge is 0.360 e. The fourth-order valence-corrected chi connectivity index (χ4v) is 2.54. The molecular weight excluding hydrogens is 350 g/mol. The second-order valence-electron chi connectivity index (χ2n) is 6.03. The van der Waals surface area contributed by atoms with Gasteiger partial charge < -0.3 is 16.8 Å². The standard InChI is InChI=1S/C17H23N7O3/c1-2-20-17(27)24-22-16(21-23-24)12(10-11-6-4-3-5-7-11)15(26)13(18)8-9-14(19)25/h3-7,12-13H,2,8-10,18H2,1H3,(H2,19,25)(H,20,27)/t12?,13-/m0/s1. The van der Waals surface area contributed by atoms with E-state index in [1.165, 1.54) is 0 Å². The van der Waals surface area contributed by atoms with Crippen LogP contribution in [0.4, 0.5) is 4.79 Å². The molecule has 0 aliphatic heterocycles. The molecule has 1 heterocycles. The first kappa shape index (κ1) is 20.2. The molecule has 0 saturated heterocycles. The summed E-state index contributed by atoms with van der Waals surface area (Å²) in [4.78, 5) is 36.5. The van der Waals surface area contributed by atoms with Crippen molar-refractivity contribution in [1.82, 2.24) is 25.5 Å². The fraction of sp³-hybridized carbons (Fsp3) is 0.412. The number of hydrogen-bond acceptors (Lipinski definition) is 7. The van der Waals surface area contributed by atoms with Crippen molar-refractivity contribution < 1.29 is 14.4 Å². The number of carbonyl (C=O) groups excluding carboxylic acids is 3. The van der Waals surface area contributed by atoms with Gasteiger partial charge in [0, 0.05) is 13.0 Å². The van der Waals surface area contributed by atoms with Gasteiger partial charge in [-0.15, -0.1) is 10.2 Å². The van der Waals surface area contributed by atoms with Crippen molar-refractivity contribution in [3.63, 3.8) is 0 Å². The number of primary amides is 1. The predicted molar refractivity (Wildman–Crippen MR) is 96.6 cm³/mol. The lowest BCUT2D eigenvalue weighted by Crippen LogP contribution is -2.37. The van der Waals surface area contributed by atoms with Crippen molar-refractivity contribution in [3.8, 4) is 0 Å². The molecule has 2 amide bonds. The van der Waals surface area contributed by atoms with Gasteiger partial charge in [0.05, 0.1) is 12.0 Å². The molecule has 0 fully saturated rings. The minimum absolute atomic E-state index is 0.00396. The number of nitrogens with one attached hydrogen (secondary N) is 1. The SMILES string of the molecule is CCNC(=O)n1nnc(C(Cc2ccccc2)C(=O)[C@@H](N)CCC(N)=O)n1. The second-order valence-corrected chi connectivity index (χ2v) is 6.03. The molecule has 1 aromatic heterocycles. The van der Waals surface area contributed by atoms with Crippen LogP contribution in [0.3, 0.4) is 0 Å². The minimum Gasteiger partial charge on any atom is -0.370 e. The lowest BCUT2D eigenvalue weighted by Gasteiger charge is -2.17. The van der Waals surface area contributed by atoms with Gasteiger partial charge in [0.1, 0.15) is 0 Å². The van der Waals surface area contributed by atoms with Gasteiger partial charge in [-0.2, -0.15) is 0 Å². The van der Waals surface area contributed by atoms with E-state index in [-0.39, 0.29) is 24.4 Å². The third kappa shape index (κ3) is 5.68. The zero-order valence-corrected chi connectivity index (χ0v) is 15.0. The molecule has 2 atom stereocenters. The highest BCUT2D eigenvalue weighted by Gasteiger charge is 2.30. The number of nitrogens with two attached hydrogens (primary N) is 2. The number of Topliss-reactive ketones (excluding diaryl/α,β-unsaturated/α-hetero) is 1. The molecule has 10 heteroatoms. The molecule has 2 aromatic rings. The predicted octanol–water partition coefficient (Wildman–Crippen LogP) is -0.261. The summed E-state index contributed by atoms with van der Waals surface area (Å²) >= 11 is 0. The molecule has 27 heavy (non-hydrogen) atoms. The summed E-state index contributed by atoms with van der Waals surface area (Å²) in [6, 6.07) is 7.85. The van der Waals surface area contributed by atoms with Crippen LogP contribution in [-0.4, -0.2) is 50.5 Å². The number of hydrogen-bond donors (Lipinski definition) is 3. The van der Waals surface area contributed by atoms with Crippen LogP contribution in [0.1, 0.15) is 37.1 Å². The first-order chi connectivity index (χ1) is 12.9. The first-order valence-corrected chi connectivity index (χ1v) is 8.62. The van der Waals surface area contributed by atoms with Gasteiger partial charge in [0.15, 0.2) is 11.6 Å². The average Bonchev–Trinajstić information content (AvgIpc) is 3.14. The summed E-state index contributed by atoms with van der Waals surface area (Å²) in [5.41, 5.74) is 12.0. The number of benzene rings is 1. The molecular formula is C17H23N7O3. The van der Waals surface area contributed by atoms with Gasteiger partial charge in [-0.3, -0.25) is 9.59 Å². The van der Waals surface area contributed by atoms with Crippen LogP contribution < -0.4 is 16.8 Å². The molecule has 0 spiro atoms. The summed E-state index contributed by atoms with van der Waals surface area (Å²) in [7, 11) is 0. The number of ketones is 1. The van der Waals surface area contributed by atoms with Gasteiger partial charge in [-0.25, -0.2) is 4.79 Å². The Bertz CT molecular complexity index is 791. The maximum absolute atomic E-state index is 12.9. The number of rotatable bonds is 9. The molecule has 2 rings (SSSR count). The molecule has 0 aliphatic rings. The van der Waals surface area contributed by atoms with E-state index in [0.717, 1.165) is 10.4 Å². The average molecular weight is 373 g/mol. The normalized spacial score (nSPS) is 13.0. The monoisotopic (exact) mass is 373 g/mol. The number of carbonyl (C=O) groups is 3. The van der Waals surface area contributed by atoms with Gasteiger partial charge in [-0.1, -0.05) is 35.1 Å². The zero-order valence-electron chi connectivity index (χ0n) is 15.0. The third-order valence-corrected chi connectivity index (χ3v) is 3.94. The van der Waals surface area contributed by atoms with E-state index in [2.05, 4.69) is 20.7 Å². The van der Waals surface area contributed by atoms with Crippen molar-refractivity contribution >= 4 is 17.7 Å². The summed E-state index contributed by atoms with van der Waals surface area (Å²) in [5.74, 6) is -1.56. The van der Waals surface area contributed by atoms with Crippen LogP contribution in [-0.2, 0) is 16.0 Å². The summed E-state index contributed by atoms with van der Waals surface area (Å²) < 4.78 is 0. The highest BCUT2D eigenvalue weighted by Crippen LogP contribution is 2.21.